The molecule has 1 aromatic heterocycles. The molecule has 0 amide bonds. The average Bonchev–Trinajstić information content (AvgIpc) is 2.75. The molecule has 1 aromatic carbocycles. The summed E-state index contributed by atoms with van der Waals surface area (Å²) in [4.78, 5) is 15.6. The number of hydrogen-bond acceptors (Lipinski definition) is 2. The zero-order chi connectivity index (χ0) is 11.7. The Morgan fingerprint density at radius 1 is 1.12 bits per heavy atom. The third kappa shape index (κ3) is 1.98. The van der Waals surface area contributed by atoms with Crippen LogP contribution in [0.4, 0.5) is 0 Å². The zero-order valence-electron chi connectivity index (χ0n) is 9.52. The van der Waals surface area contributed by atoms with E-state index in [9.17, 15) is 4.79 Å². The van der Waals surface area contributed by atoms with Gasteiger partial charge in [0.05, 0.1) is 5.52 Å². The lowest BCUT2D eigenvalue weighted by Crippen LogP contribution is -1.91. The molecular formula is C15H13NO. The van der Waals surface area contributed by atoms with Crippen molar-refractivity contribution in [2.75, 3.05) is 0 Å². The highest BCUT2D eigenvalue weighted by Crippen LogP contribution is 2.23. The van der Waals surface area contributed by atoms with Crippen molar-refractivity contribution in [3.63, 3.8) is 0 Å². The molecule has 0 spiro atoms. The van der Waals surface area contributed by atoms with Gasteiger partial charge in [-0.3, -0.25) is 9.78 Å². The summed E-state index contributed by atoms with van der Waals surface area (Å²) in [5.41, 5.74) is 3.53. The molecule has 17 heavy (non-hydrogen) atoms. The first kappa shape index (κ1) is 10.2. The van der Waals surface area contributed by atoms with Gasteiger partial charge in [-0.1, -0.05) is 23.8 Å². The Kier molecular flexibility index (Phi) is 2.48. The van der Waals surface area contributed by atoms with E-state index in [0.717, 1.165) is 18.4 Å². The van der Waals surface area contributed by atoms with Crippen LogP contribution in [-0.4, -0.2) is 10.8 Å². The van der Waals surface area contributed by atoms with Gasteiger partial charge in [0.1, 0.15) is 0 Å². The van der Waals surface area contributed by atoms with Gasteiger partial charge in [0, 0.05) is 18.0 Å². The van der Waals surface area contributed by atoms with E-state index in [-0.39, 0.29) is 5.78 Å². The van der Waals surface area contributed by atoms with Crippen molar-refractivity contribution in [2.45, 2.75) is 19.3 Å². The van der Waals surface area contributed by atoms with E-state index in [0.29, 0.717) is 6.42 Å². The second kappa shape index (κ2) is 4.13. The summed E-state index contributed by atoms with van der Waals surface area (Å²) >= 11 is 0. The van der Waals surface area contributed by atoms with Crippen LogP contribution in [0, 0.1) is 0 Å². The van der Waals surface area contributed by atoms with Crippen molar-refractivity contribution in [2.24, 2.45) is 0 Å². The quantitative estimate of drug-likeness (QED) is 0.783. The fourth-order valence-corrected chi connectivity index (χ4v) is 2.35. The van der Waals surface area contributed by atoms with Gasteiger partial charge in [0.2, 0.25) is 0 Å². The van der Waals surface area contributed by atoms with Crippen LogP contribution in [-0.2, 0) is 11.2 Å². The van der Waals surface area contributed by atoms with Gasteiger partial charge < -0.3 is 0 Å². The van der Waals surface area contributed by atoms with Crippen LogP contribution in [0.2, 0.25) is 0 Å². The summed E-state index contributed by atoms with van der Waals surface area (Å²) in [6.07, 6.45) is 6.10. The maximum absolute atomic E-state index is 11.2. The van der Waals surface area contributed by atoms with Crippen LogP contribution >= 0.6 is 0 Å². The number of pyridine rings is 1. The van der Waals surface area contributed by atoms with Gasteiger partial charge in [-0.2, -0.15) is 0 Å². The number of para-hydroxylation sites is 1. The number of hydrogen-bond donors (Lipinski definition) is 0. The van der Waals surface area contributed by atoms with Crippen LogP contribution in [0.3, 0.4) is 0 Å². The van der Waals surface area contributed by atoms with Crippen LogP contribution < -0.4 is 0 Å². The molecule has 84 valence electrons. The van der Waals surface area contributed by atoms with Gasteiger partial charge in [-0.15, -0.1) is 0 Å². The molecule has 3 rings (SSSR count). The van der Waals surface area contributed by atoms with Gasteiger partial charge in [-0.05, 0) is 36.6 Å². The van der Waals surface area contributed by atoms with Crippen molar-refractivity contribution in [1.29, 1.82) is 0 Å². The van der Waals surface area contributed by atoms with E-state index < -0.39 is 0 Å². The number of aromatic nitrogens is 1. The largest absolute Gasteiger partial charge is 0.295 e. The normalized spacial score (nSPS) is 15.3. The molecule has 0 saturated carbocycles. The lowest BCUT2D eigenvalue weighted by molar-refractivity contribution is -0.114. The Morgan fingerprint density at radius 2 is 2.00 bits per heavy atom. The molecule has 0 unspecified atom stereocenters. The third-order valence-corrected chi connectivity index (χ3v) is 3.21. The standard InChI is InChI=1S/C15H13NO/c17-13-6-5-11(10-13)9-12-7-8-16-15-4-2-1-3-14(12)15/h1-4,7-8,10H,5-6,9H2. The molecule has 2 nitrogen and oxygen atoms in total. The SMILES string of the molecule is O=C1C=C(Cc2ccnc3ccccc23)CC1. The number of rotatable bonds is 2. The average molecular weight is 223 g/mol. The lowest BCUT2D eigenvalue weighted by Gasteiger charge is -2.06. The van der Waals surface area contributed by atoms with Crippen molar-refractivity contribution >= 4 is 16.7 Å². The Morgan fingerprint density at radius 3 is 2.82 bits per heavy atom. The van der Waals surface area contributed by atoms with E-state index in [1.807, 2.05) is 30.5 Å². The Labute approximate surface area is 100.0 Å². The fraction of sp³-hybridized carbons (Fsp3) is 0.200. The third-order valence-electron chi connectivity index (χ3n) is 3.21. The first-order valence-electron chi connectivity index (χ1n) is 5.88. The lowest BCUT2D eigenvalue weighted by atomic mass is 10.0. The van der Waals surface area contributed by atoms with Gasteiger partial charge >= 0.3 is 0 Å². The van der Waals surface area contributed by atoms with E-state index in [1.54, 1.807) is 6.08 Å². The van der Waals surface area contributed by atoms with Crippen LogP contribution in [0.1, 0.15) is 18.4 Å². The van der Waals surface area contributed by atoms with Crippen molar-refractivity contribution in [3.05, 3.63) is 53.7 Å². The minimum Gasteiger partial charge on any atom is -0.295 e. The zero-order valence-corrected chi connectivity index (χ0v) is 9.52. The minimum atomic E-state index is 0.262. The summed E-state index contributed by atoms with van der Waals surface area (Å²) in [5, 5.41) is 1.19. The van der Waals surface area contributed by atoms with Gasteiger partial charge in [0.15, 0.2) is 5.78 Å². The molecule has 1 aliphatic carbocycles. The summed E-state index contributed by atoms with van der Waals surface area (Å²) in [5.74, 6) is 0.262. The van der Waals surface area contributed by atoms with Crippen LogP contribution in [0.5, 0.6) is 0 Å². The molecule has 0 atom stereocenters. The molecule has 0 N–H and O–H groups in total. The highest BCUT2D eigenvalue weighted by Gasteiger charge is 2.13. The maximum atomic E-state index is 11.2. The molecular weight excluding hydrogens is 210 g/mol. The van der Waals surface area contributed by atoms with Crippen molar-refractivity contribution in [1.82, 2.24) is 4.98 Å². The predicted molar refractivity (Wildman–Crippen MR) is 67.8 cm³/mol. The number of carbonyl (C=O) groups is 1. The van der Waals surface area contributed by atoms with Gasteiger partial charge in [-0.25, -0.2) is 0 Å². The second-order valence-electron chi connectivity index (χ2n) is 4.43. The first-order valence-corrected chi connectivity index (χ1v) is 5.88. The molecule has 0 bridgehead atoms. The predicted octanol–water partition coefficient (Wildman–Crippen LogP) is 3.07. The molecule has 2 aromatic rings. The van der Waals surface area contributed by atoms with Crippen LogP contribution in [0.15, 0.2) is 48.2 Å². The van der Waals surface area contributed by atoms with E-state index in [4.69, 9.17) is 0 Å². The Hall–Kier alpha value is -1.96. The van der Waals surface area contributed by atoms with Gasteiger partial charge in [0.25, 0.3) is 0 Å². The first-order chi connectivity index (χ1) is 8.33. The maximum Gasteiger partial charge on any atom is 0.155 e. The molecule has 0 aliphatic heterocycles. The van der Waals surface area contributed by atoms with E-state index in [1.165, 1.54) is 16.5 Å². The number of allylic oxidation sites excluding steroid dienone is 2. The number of nitrogens with zero attached hydrogens (tertiary/aromatic N) is 1. The number of fused-ring (bicyclic) bond motifs is 1. The molecule has 0 saturated heterocycles. The van der Waals surface area contributed by atoms with Crippen LogP contribution in [0.25, 0.3) is 10.9 Å². The molecule has 1 heterocycles. The summed E-state index contributed by atoms with van der Waals surface area (Å²) < 4.78 is 0. The molecule has 1 aliphatic rings. The number of benzene rings is 1. The number of ketones is 1. The molecule has 0 radical (unpaired) electrons. The topological polar surface area (TPSA) is 30.0 Å². The number of carbonyl (C=O) groups excluding carboxylic acids is 1. The fourth-order valence-electron chi connectivity index (χ4n) is 2.35. The second-order valence-corrected chi connectivity index (χ2v) is 4.43. The summed E-state index contributed by atoms with van der Waals surface area (Å²) in [6.45, 7) is 0. The van der Waals surface area contributed by atoms with Crippen molar-refractivity contribution in [3.8, 4) is 0 Å². The Balaban J connectivity index is 2.00. The minimum absolute atomic E-state index is 0.262. The molecule has 2 heteroatoms. The van der Waals surface area contributed by atoms with Crippen molar-refractivity contribution < 1.29 is 4.79 Å². The van der Waals surface area contributed by atoms with E-state index >= 15 is 0 Å². The van der Waals surface area contributed by atoms with E-state index in [2.05, 4.69) is 11.1 Å². The Bertz CT molecular complexity index is 608. The summed E-state index contributed by atoms with van der Waals surface area (Å²) in [6, 6.07) is 10.2. The summed E-state index contributed by atoms with van der Waals surface area (Å²) in [7, 11) is 0. The monoisotopic (exact) mass is 223 g/mol. The molecule has 0 fully saturated rings. The highest BCUT2D eigenvalue weighted by atomic mass is 16.1. The smallest absolute Gasteiger partial charge is 0.155 e. The highest BCUT2D eigenvalue weighted by molar-refractivity contribution is 5.93.